The molecule has 2 atom stereocenters. The summed E-state index contributed by atoms with van der Waals surface area (Å²) in [4.78, 5) is 5.70. The van der Waals surface area contributed by atoms with Gasteiger partial charge in [-0.1, -0.05) is 33.6 Å². The van der Waals surface area contributed by atoms with E-state index < -0.39 is 8.32 Å². The summed E-state index contributed by atoms with van der Waals surface area (Å²) in [6.45, 7) is 14.7. The molecule has 126 valence electrons. The van der Waals surface area contributed by atoms with Crippen LogP contribution in [0, 0.1) is 6.92 Å². The van der Waals surface area contributed by atoms with E-state index in [0.29, 0.717) is 12.1 Å². The molecule has 0 radical (unpaired) electrons. The van der Waals surface area contributed by atoms with E-state index in [4.69, 9.17) is 4.43 Å². The van der Waals surface area contributed by atoms with Crippen LogP contribution >= 0.6 is 11.3 Å². The summed E-state index contributed by atoms with van der Waals surface area (Å²) < 4.78 is 6.72. The van der Waals surface area contributed by atoms with Crippen LogP contribution in [0.3, 0.4) is 0 Å². The van der Waals surface area contributed by atoms with E-state index in [9.17, 15) is 0 Å². The highest BCUT2D eigenvalue weighted by Gasteiger charge is 2.41. The highest BCUT2D eigenvalue weighted by molar-refractivity contribution is 7.09. The minimum absolute atomic E-state index is 0.281. The standard InChI is InChI=1S/C17H32N2OSSi/c1-13-16(21-12-19-13)11-18-14-9-7-8-10-15(14)20-22(5,6)17(2,3)4/h12,14-15,18H,7-11H2,1-6H3/t14-,15-/m0/s1. The summed E-state index contributed by atoms with van der Waals surface area (Å²) in [7, 11) is -1.69. The average molecular weight is 341 g/mol. The van der Waals surface area contributed by atoms with E-state index in [-0.39, 0.29) is 5.04 Å². The van der Waals surface area contributed by atoms with Crippen molar-refractivity contribution in [2.24, 2.45) is 0 Å². The Morgan fingerprint density at radius 2 is 2.00 bits per heavy atom. The number of aromatic nitrogens is 1. The van der Waals surface area contributed by atoms with Crippen LogP contribution in [0.1, 0.15) is 57.0 Å². The first-order valence-corrected chi connectivity index (χ1v) is 12.3. The maximum Gasteiger partial charge on any atom is 0.192 e. The summed E-state index contributed by atoms with van der Waals surface area (Å²) >= 11 is 1.75. The van der Waals surface area contributed by atoms with Gasteiger partial charge in [-0.05, 0) is 37.9 Å². The lowest BCUT2D eigenvalue weighted by Crippen LogP contribution is -2.51. The number of aryl methyl sites for hydroxylation is 1. The van der Waals surface area contributed by atoms with Crippen molar-refractivity contribution in [2.45, 2.75) is 90.2 Å². The Morgan fingerprint density at radius 3 is 2.59 bits per heavy atom. The molecule has 2 rings (SSSR count). The van der Waals surface area contributed by atoms with Crippen molar-refractivity contribution in [3.05, 3.63) is 16.1 Å². The van der Waals surface area contributed by atoms with Crippen LogP contribution < -0.4 is 5.32 Å². The zero-order valence-corrected chi connectivity index (χ0v) is 16.8. The molecule has 1 heterocycles. The number of nitrogens with zero attached hydrogens (tertiary/aromatic N) is 1. The normalized spacial score (nSPS) is 23.7. The van der Waals surface area contributed by atoms with Gasteiger partial charge >= 0.3 is 0 Å². The second-order valence-corrected chi connectivity index (χ2v) is 13.7. The van der Waals surface area contributed by atoms with Crippen molar-refractivity contribution < 1.29 is 4.43 Å². The molecular weight excluding hydrogens is 308 g/mol. The smallest absolute Gasteiger partial charge is 0.192 e. The number of thiazole rings is 1. The van der Waals surface area contributed by atoms with Crippen molar-refractivity contribution in [2.75, 3.05) is 0 Å². The maximum atomic E-state index is 6.72. The SMILES string of the molecule is Cc1ncsc1CN[C@H]1CCCC[C@@H]1O[Si](C)(C)C(C)(C)C. The molecular formula is C17H32N2OSSi. The molecule has 5 heteroatoms. The molecule has 3 nitrogen and oxygen atoms in total. The quantitative estimate of drug-likeness (QED) is 0.776. The summed E-state index contributed by atoms with van der Waals surface area (Å²) in [6, 6.07) is 0.490. The van der Waals surface area contributed by atoms with Gasteiger partial charge in [0.1, 0.15) is 0 Å². The summed E-state index contributed by atoms with van der Waals surface area (Å²) in [5, 5.41) is 4.04. The molecule has 0 spiro atoms. The van der Waals surface area contributed by atoms with Gasteiger partial charge in [-0.3, -0.25) is 0 Å². The minimum atomic E-state index is -1.69. The Bertz CT molecular complexity index is 481. The van der Waals surface area contributed by atoms with Crippen molar-refractivity contribution in [1.82, 2.24) is 10.3 Å². The van der Waals surface area contributed by atoms with Crippen LogP contribution in [0.4, 0.5) is 0 Å². The highest BCUT2D eigenvalue weighted by Crippen LogP contribution is 2.39. The van der Waals surface area contributed by atoms with Crippen LogP contribution in [0.25, 0.3) is 0 Å². The first-order valence-electron chi connectivity index (χ1n) is 8.51. The van der Waals surface area contributed by atoms with E-state index in [1.54, 1.807) is 11.3 Å². The molecule has 1 aromatic heterocycles. The van der Waals surface area contributed by atoms with Crippen molar-refractivity contribution in [3.8, 4) is 0 Å². The predicted molar refractivity (Wildman–Crippen MR) is 98.0 cm³/mol. The van der Waals surface area contributed by atoms with Gasteiger partial charge in [0.2, 0.25) is 0 Å². The molecule has 0 unspecified atom stereocenters. The van der Waals surface area contributed by atoms with Gasteiger partial charge in [-0.2, -0.15) is 0 Å². The van der Waals surface area contributed by atoms with Gasteiger partial charge in [0.25, 0.3) is 0 Å². The molecule has 1 fully saturated rings. The molecule has 1 saturated carbocycles. The summed E-state index contributed by atoms with van der Waals surface area (Å²) in [5.41, 5.74) is 3.10. The van der Waals surface area contributed by atoms with Gasteiger partial charge in [0, 0.05) is 17.5 Å². The molecule has 0 amide bonds. The zero-order chi connectivity index (χ0) is 16.4. The Balaban J connectivity index is 1.98. The van der Waals surface area contributed by atoms with E-state index >= 15 is 0 Å². The predicted octanol–water partition coefficient (Wildman–Crippen LogP) is 4.87. The molecule has 1 N–H and O–H groups in total. The lowest BCUT2D eigenvalue weighted by Gasteiger charge is -2.43. The lowest BCUT2D eigenvalue weighted by molar-refractivity contribution is 0.0988. The molecule has 1 aliphatic rings. The second kappa shape index (κ2) is 7.12. The third-order valence-electron chi connectivity index (χ3n) is 5.32. The Kier molecular flexibility index (Phi) is 5.86. The van der Waals surface area contributed by atoms with Gasteiger partial charge in [-0.25, -0.2) is 4.98 Å². The fourth-order valence-corrected chi connectivity index (χ4v) is 4.87. The Hall–Kier alpha value is -0.233. The van der Waals surface area contributed by atoms with Crippen molar-refractivity contribution in [3.63, 3.8) is 0 Å². The molecule has 0 bridgehead atoms. The number of rotatable bonds is 5. The van der Waals surface area contributed by atoms with Gasteiger partial charge < -0.3 is 9.74 Å². The molecule has 0 aromatic carbocycles. The van der Waals surface area contributed by atoms with Crippen molar-refractivity contribution >= 4 is 19.7 Å². The van der Waals surface area contributed by atoms with Crippen LogP contribution in [-0.4, -0.2) is 25.4 Å². The van der Waals surface area contributed by atoms with E-state index in [1.807, 2.05) is 5.51 Å². The number of hydrogen-bond donors (Lipinski definition) is 1. The monoisotopic (exact) mass is 340 g/mol. The number of nitrogens with one attached hydrogen (secondary N) is 1. The fraction of sp³-hybridized carbons (Fsp3) is 0.824. The molecule has 0 aliphatic heterocycles. The van der Waals surface area contributed by atoms with E-state index in [1.165, 1.54) is 30.6 Å². The molecule has 22 heavy (non-hydrogen) atoms. The second-order valence-electron chi connectivity index (χ2n) is 8.05. The summed E-state index contributed by atoms with van der Waals surface area (Å²) in [6.07, 6.45) is 5.43. The Morgan fingerprint density at radius 1 is 1.32 bits per heavy atom. The van der Waals surface area contributed by atoms with Crippen LogP contribution in [0.15, 0.2) is 5.51 Å². The summed E-state index contributed by atoms with van der Waals surface area (Å²) in [5.74, 6) is 0. The fourth-order valence-electron chi connectivity index (χ4n) is 2.75. The van der Waals surface area contributed by atoms with E-state index in [0.717, 1.165) is 12.2 Å². The lowest BCUT2D eigenvalue weighted by atomic mass is 9.92. The highest BCUT2D eigenvalue weighted by atomic mass is 32.1. The van der Waals surface area contributed by atoms with Crippen LogP contribution in [0.5, 0.6) is 0 Å². The van der Waals surface area contributed by atoms with Crippen LogP contribution in [0.2, 0.25) is 18.1 Å². The third-order valence-corrected chi connectivity index (χ3v) is 10.8. The first-order chi connectivity index (χ1) is 10.2. The number of hydrogen-bond acceptors (Lipinski definition) is 4. The average Bonchev–Trinajstić information content (AvgIpc) is 2.81. The van der Waals surface area contributed by atoms with Crippen LogP contribution in [-0.2, 0) is 11.0 Å². The van der Waals surface area contributed by atoms with Gasteiger partial charge in [0.05, 0.1) is 17.3 Å². The van der Waals surface area contributed by atoms with E-state index in [2.05, 4.69) is 51.1 Å². The molecule has 0 saturated heterocycles. The minimum Gasteiger partial charge on any atom is -0.412 e. The maximum absolute atomic E-state index is 6.72. The van der Waals surface area contributed by atoms with Gasteiger partial charge in [0.15, 0.2) is 8.32 Å². The zero-order valence-electron chi connectivity index (χ0n) is 15.0. The topological polar surface area (TPSA) is 34.2 Å². The largest absolute Gasteiger partial charge is 0.412 e. The van der Waals surface area contributed by atoms with Gasteiger partial charge in [-0.15, -0.1) is 11.3 Å². The molecule has 1 aliphatic carbocycles. The molecule has 1 aromatic rings. The Labute approximate surface area is 141 Å². The van der Waals surface area contributed by atoms with Crippen molar-refractivity contribution in [1.29, 1.82) is 0 Å². The third kappa shape index (κ3) is 4.40. The first kappa shape index (κ1) is 18.1.